The van der Waals surface area contributed by atoms with Crippen LogP contribution in [0.2, 0.25) is 0 Å². The van der Waals surface area contributed by atoms with Crippen LogP contribution in [-0.2, 0) is 14.9 Å². The second-order valence-corrected chi connectivity index (χ2v) is 6.17. The molecule has 0 spiro atoms. The van der Waals surface area contributed by atoms with Gasteiger partial charge >= 0.3 is 0 Å². The van der Waals surface area contributed by atoms with Crippen molar-refractivity contribution in [3.8, 4) is 5.75 Å². The lowest BCUT2D eigenvalue weighted by Crippen LogP contribution is -2.25. The van der Waals surface area contributed by atoms with Crippen molar-refractivity contribution in [2.24, 2.45) is 5.92 Å². The third-order valence-electron chi connectivity index (χ3n) is 3.00. The average Bonchev–Trinajstić information content (AvgIpc) is 2.69. The third kappa shape index (κ3) is 2.85. The summed E-state index contributed by atoms with van der Waals surface area (Å²) >= 11 is 4.12. The highest BCUT2D eigenvalue weighted by Crippen LogP contribution is 2.34. The molecule has 1 heterocycles. The molecule has 2 rings (SSSR count). The van der Waals surface area contributed by atoms with E-state index in [2.05, 4.69) is 12.6 Å². The predicted molar refractivity (Wildman–Crippen MR) is 72.2 cm³/mol. The summed E-state index contributed by atoms with van der Waals surface area (Å²) in [5, 5.41) is 9.75. The van der Waals surface area contributed by atoms with Gasteiger partial charge in [0.2, 0.25) is 5.91 Å². The number of thiol groups is 1. The third-order valence-corrected chi connectivity index (χ3v) is 4.36. The lowest BCUT2D eigenvalue weighted by atomic mass is 10.1. The molecule has 1 aromatic rings. The van der Waals surface area contributed by atoms with E-state index in [0.29, 0.717) is 18.7 Å². The Morgan fingerprint density at radius 1 is 1.42 bits per heavy atom. The molecule has 1 fully saturated rings. The molecule has 1 saturated heterocycles. The summed E-state index contributed by atoms with van der Waals surface area (Å²) in [6, 6.07) is 3.30. The van der Waals surface area contributed by atoms with E-state index in [4.69, 9.17) is 4.55 Å². The van der Waals surface area contributed by atoms with Crippen LogP contribution in [0.15, 0.2) is 23.1 Å². The Kier molecular flexibility index (Phi) is 3.75. The van der Waals surface area contributed by atoms with Crippen molar-refractivity contribution in [3.05, 3.63) is 18.2 Å². The molecule has 0 radical (unpaired) electrons. The summed E-state index contributed by atoms with van der Waals surface area (Å²) in [5.74, 6) is 0.174. The number of anilines is 1. The molecule has 2 N–H and O–H groups in total. The number of carbonyl (C=O) groups excluding carboxylic acids is 1. The summed E-state index contributed by atoms with van der Waals surface area (Å²) in [5.41, 5.74) is 0.0874. The Morgan fingerprint density at radius 2 is 2.11 bits per heavy atom. The van der Waals surface area contributed by atoms with Crippen LogP contribution in [0.4, 0.5) is 5.69 Å². The predicted octanol–water partition coefficient (Wildman–Crippen LogP) is 0.922. The van der Waals surface area contributed by atoms with Crippen molar-refractivity contribution in [2.45, 2.75) is 11.3 Å². The molecule has 1 amide bonds. The summed E-state index contributed by atoms with van der Waals surface area (Å²) in [4.78, 5) is 12.8. The quantitative estimate of drug-likeness (QED) is 0.570. The summed E-state index contributed by atoms with van der Waals surface area (Å²) in [7, 11) is -4.37. The Labute approximate surface area is 116 Å². The molecule has 1 aliphatic rings. The first-order valence-corrected chi connectivity index (χ1v) is 7.62. The van der Waals surface area contributed by atoms with E-state index >= 15 is 0 Å². The molecule has 6 nitrogen and oxygen atoms in total. The number of phenolic OH excluding ortho intramolecular Hbond substituents is 1. The number of amides is 1. The van der Waals surface area contributed by atoms with Gasteiger partial charge in [-0.1, -0.05) is 0 Å². The topological polar surface area (TPSA) is 94.9 Å². The Morgan fingerprint density at radius 3 is 2.63 bits per heavy atom. The summed E-state index contributed by atoms with van der Waals surface area (Å²) in [6.45, 7) is 0.366. The molecule has 1 atom stereocenters. The smallest absolute Gasteiger partial charge is 0.294 e. The van der Waals surface area contributed by atoms with E-state index in [-0.39, 0.29) is 28.2 Å². The van der Waals surface area contributed by atoms with Crippen molar-refractivity contribution in [3.63, 3.8) is 0 Å². The molecule has 1 aliphatic heterocycles. The average molecular weight is 303 g/mol. The van der Waals surface area contributed by atoms with Crippen molar-refractivity contribution < 1.29 is 22.9 Å². The van der Waals surface area contributed by atoms with Gasteiger partial charge in [0, 0.05) is 13.0 Å². The molecule has 1 unspecified atom stereocenters. The molecule has 8 heteroatoms. The number of hydrogen-bond acceptors (Lipinski definition) is 5. The first kappa shape index (κ1) is 14.2. The van der Waals surface area contributed by atoms with Crippen molar-refractivity contribution in [1.29, 1.82) is 0 Å². The first-order chi connectivity index (χ1) is 8.82. The van der Waals surface area contributed by atoms with Crippen LogP contribution in [0, 0.1) is 5.92 Å². The number of rotatable bonds is 3. The summed E-state index contributed by atoms with van der Waals surface area (Å²) < 4.78 is 31.1. The molecule has 0 bridgehead atoms. The molecule has 1 aromatic carbocycles. The number of hydrogen-bond donors (Lipinski definition) is 3. The van der Waals surface area contributed by atoms with Crippen LogP contribution >= 0.6 is 12.6 Å². The van der Waals surface area contributed by atoms with Crippen molar-refractivity contribution in [1.82, 2.24) is 0 Å². The molecule has 0 saturated carbocycles. The SMILES string of the molecule is O=C1CC(CS)CN1c1cc(S(=O)(=O)O)ccc1O. The molecular weight excluding hydrogens is 290 g/mol. The lowest BCUT2D eigenvalue weighted by molar-refractivity contribution is -0.117. The second kappa shape index (κ2) is 5.03. The maximum Gasteiger partial charge on any atom is 0.294 e. The summed E-state index contributed by atoms with van der Waals surface area (Å²) in [6.07, 6.45) is 0.305. The largest absolute Gasteiger partial charge is 0.506 e. The highest BCUT2D eigenvalue weighted by molar-refractivity contribution is 7.85. The number of carbonyl (C=O) groups is 1. The van der Waals surface area contributed by atoms with E-state index in [1.165, 1.54) is 4.90 Å². The standard InChI is InChI=1S/C11H13NO5S2/c13-10-2-1-8(19(15,16)17)4-9(10)12-5-7(6-18)3-11(12)14/h1-2,4,7,13,18H,3,5-6H2,(H,15,16,17). The molecule has 0 aliphatic carbocycles. The van der Waals surface area contributed by atoms with Gasteiger partial charge in [0.25, 0.3) is 10.1 Å². The van der Waals surface area contributed by atoms with Crippen LogP contribution in [0.5, 0.6) is 5.75 Å². The van der Waals surface area contributed by atoms with Crippen molar-refractivity contribution >= 4 is 34.3 Å². The first-order valence-electron chi connectivity index (χ1n) is 5.54. The van der Waals surface area contributed by atoms with Gasteiger partial charge in [0.15, 0.2) is 0 Å². The van der Waals surface area contributed by atoms with Crippen LogP contribution in [-0.4, -0.2) is 36.3 Å². The highest BCUT2D eigenvalue weighted by Gasteiger charge is 2.31. The molecule has 104 valence electrons. The van der Waals surface area contributed by atoms with E-state index in [0.717, 1.165) is 18.2 Å². The Hall–Kier alpha value is -1.25. The van der Waals surface area contributed by atoms with Crippen molar-refractivity contribution in [2.75, 3.05) is 17.2 Å². The maximum absolute atomic E-state index is 11.8. The van der Waals surface area contributed by atoms with E-state index < -0.39 is 10.1 Å². The van der Waals surface area contributed by atoms with Crippen LogP contribution in [0.25, 0.3) is 0 Å². The van der Waals surface area contributed by atoms with E-state index in [9.17, 15) is 18.3 Å². The zero-order valence-electron chi connectivity index (χ0n) is 9.85. The number of phenols is 1. The van der Waals surface area contributed by atoms with Gasteiger partial charge < -0.3 is 10.0 Å². The lowest BCUT2D eigenvalue weighted by Gasteiger charge is -2.18. The highest BCUT2D eigenvalue weighted by atomic mass is 32.2. The van der Waals surface area contributed by atoms with Gasteiger partial charge in [0.1, 0.15) is 5.75 Å². The Bertz CT molecular complexity index is 614. The molecular formula is C11H13NO5S2. The zero-order chi connectivity index (χ0) is 14.2. The van der Waals surface area contributed by atoms with Crippen LogP contribution in [0.3, 0.4) is 0 Å². The Balaban J connectivity index is 2.42. The number of aromatic hydroxyl groups is 1. The van der Waals surface area contributed by atoms with Gasteiger partial charge in [-0.25, -0.2) is 0 Å². The minimum Gasteiger partial charge on any atom is -0.506 e. The normalized spacial score (nSPS) is 20.0. The monoisotopic (exact) mass is 303 g/mol. The fourth-order valence-electron chi connectivity index (χ4n) is 2.02. The van der Waals surface area contributed by atoms with Crippen LogP contribution in [0.1, 0.15) is 6.42 Å². The van der Waals surface area contributed by atoms with Gasteiger partial charge in [-0.15, -0.1) is 0 Å². The maximum atomic E-state index is 11.8. The molecule has 19 heavy (non-hydrogen) atoms. The number of nitrogens with zero attached hydrogens (tertiary/aromatic N) is 1. The number of benzene rings is 1. The molecule has 0 aromatic heterocycles. The van der Waals surface area contributed by atoms with E-state index in [1.54, 1.807) is 0 Å². The minimum atomic E-state index is -4.37. The van der Waals surface area contributed by atoms with Crippen LogP contribution < -0.4 is 4.90 Å². The van der Waals surface area contributed by atoms with Gasteiger partial charge in [-0.2, -0.15) is 21.0 Å². The van der Waals surface area contributed by atoms with Gasteiger partial charge in [0.05, 0.1) is 10.6 Å². The van der Waals surface area contributed by atoms with E-state index in [1.807, 2.05) is 0 Å². The minimum absolute atomic E-state index is 0.0598. The van der Waals surface area contributed by atoms with Gasteiger partial charge in [-0.3, -0.25) is 9.35 Å². The fourth-order valence-corrected chi connectivity index (χ4v) is 2.76. The van der Waals surface area contributed by atoms with Gasteiger partial charge in [-0.05, 0) is 29.9 Å². The zero-order valence-corrected chi connectivity index (χ0v) is 11.6. The second-order valence-electron chi connectivity index (χ2n) is 4.38. The fraction of sp³-hybridized carbons (Fsp3) is 0.364.